The molecule has 0 unspecified atom stereocenters. The summed E-state index contributed by atoms with van der Waals surface area (Å²) < 4.78 is 21.1. The standard InChI is InChI=1S/C22H24FN3OS/c23-19-9-7-18(8-10-19)21-17-28-22(24-20-5-2-1-3-6-20)26(21)12-4-11-25-13-15-27-16-14-25/h1-3,5-10,17H,4,11-16H2. The highest BCUT2D eigenvalue weighted by atomic mass is 32.1. The second-order valence-corrected chi connectivity index (χ2v) is 7.65. The van der Waals surface area contributed by atoms with Crippen LogP contribution in [-0.4, -0.2) is 42.3 Å². The maximum atomic E-state index is 13.4. The third-order valence-electron chi connectivity index (χ3n) is 4.88. The van der Waals surface area contributed by atoms with Gasteiger partial charge in [0.15, 0.2) is 4.80 Å². The fourth-order valence-electron chi connectivity index (χ4n) is 3.38. The number of rotatable bonds is 6. The summed E-state index contributed by atoms with van der Waals surface area (Å²) in [4.78, 5) is 8.26. The van der Waals surface area contributed by atoms with Gasteiger partial charge in [-0.25, -0.2) is 9.38 Å². The summed E-state index contributed by atoms with van der Waals surface area (Å²) in [7, 11) is 0. The molecule has 0 saturated carbocycles. The van der Waals surface area contributed by atoms with Crippen molar-refractivity contribution in [2.45, 2.75) is 13.0 Å². The molecule has 0 bridgehead atoms. The Kier molecular flexibility index (Phi) is 6.31. The van der Waals surface area contributed by atoms with E-state index in [-0.39, 0.29) is 5.82 Å². The molecule has 2 heterocycles. The fraction of sp³-hybridized carbons (Fsp3) is 0.318. The van der Waals surface area contributed by atoms with Crippen molar-refractivity contribution in [3.63, 3.8) is 0 Å². The lowest BCUT2D eigenvalue weighted by atomic mass is 10.1. The van der Waals surface area contributed by atoms with Crippen LogP contribution in [0.25, 0.3) is 11.3 Å². The second-order valence-electron chi connectivity index (χ2n) is 6.82. The molecule has 1 aromatic heterocycles. The van der Waals surface area contributed by atoms with Crippen LogP contribution in [0, 0.1) is 5.82 Å². The van der Waals surface area contributed by atoms with E-state index in [1.807, 2.05) is 42.5 Å². The Hall–Kier alpha value is -2.28. The predicted molar refractivity (Wildman–Crippen MR) is 111 cm³/mol. The summed E-state index contributed by atoms with van der Waals surface area (Å²) in [6.45, 7) is 5.56. The van der Waals surface area contributed by atoms with Crippen LogP contribution >= 0.6 is 11.3 Å². The smallest absolute Gasteiger partial charge is 0.190 e. The molecule has 1 saturated heterocycles. The lowest BCUT2D eigenvalue weighted by Crippen LogP contribution is -2.37. The quantitative estimate of drug-likeness (QED) is 0.620. The Labute approximate surface area is 168 Å². The SMILES string of the molecule is Fc1ccc(-c2csc(=Nc3ccccc3)n2CCCN2CCOCC2)cc1. The van der Waals surface area contributed by atoms with E-state index in [9.17, 15) is 4.39 Å². The zero-order chi connectivity index (χ0) is 19.2. The van der Waals surface area contributed by atoms with E-state index in [0.717, 1.165) is 67.6 Å². The normalized spacial score (nSPS) is 15.8. The van der Waals surface area contributed by atoms with Gasteiger partial charge in [-0.1, -0.05) is 18.2 Å². The molecular weight excluding hydrogens is 373 g/mol. The number of nitrogens with zero attached hydrogens (tertiary/aromatic N) is 3. The van der Waals surface area contributed by atoms with Gasteiger partial charge in [-0.15, -0.1) is 11.3 Å². The Morgan fingerprint density at radius 2 is 1.71 bits per heavy atom. The lowest BCUT2D eigenvalue weighted by Gasteiger charge is -2.26. The lowest BCUT2D eigenvalue weighted by molar-refractivity contribution is 0.0369. The third kappa shape index (κ3) is 4.76. The number of ether oxygens (including phenoxy) is 1. The van der Waals surface area contributed by atoms with Crippen LogP contribution in [0.2, 0.25) is 0 Å². The Morgan fingerprint density at radius 3 is 2.46 bits per heavy atom. The van der Waals surface area contributed by atoms with E-state index >= 15 is 0 Å². The van der Waals surface area contributed by atoms with Crippen LogP contribution in [0.15, 0.2) is 65.0 Å². The number of para-hydroxylation sites is 1. The van der Waals surface area contributed by atoms with Crippen molar-refractivity contribution in [3.05, 3.63) is 70.6 Å². The van der Waals surface area contributed by atoms with Gasteiger partial charge in [0.05, 0.1) is 24.6 Å². The molecule has 0 N–H and O–H groups in total. The number of benzene rings is 2. The number of aromatic nitrogens is 1. The second kappa shape index (κ2) is 9.28. The van der Waals surface area contributed by atoms with Gasteiger partial charge in [-0.2, -0.15) is 0 Å². The predicted octanol–water partition coefficient (Wildman–Crippen LogP) is 4.31. The molecule has 0 aliphatic carbocycles. The molecule has 6 heteroatoms. The van der Waals surface area contributed by atoms with Crippen molar-refractivity contribution in [1.29, 1.82) is 0 Å². The molecule has 28 heavy (non-hydrogen) atoms. The largest absolute Gasteiger partial charge is 0.379 e. The first kappa shape index (κ1) is 19.1. The van der Waals surface area contributed by atoms with Crippen molar-refractivity contribution in [2.75, 3.05) is 32.8 Å². The molecule has 146 valence electrons. The molecular formula is C22H24FN3OS. The summed E-state index contributed by atoms with van der Waals surface area (Å²) in [6, 6.07) is 16.7. The summed E-state index contributed by atoms with van der Waals surface area (Å²) in [5.74, 6) is -0.216. The molecule has 0 amide bonds. The molecule has 4 rings (SSSR count). The van der Waals surface area contributed by atoms with E-state index in [0.29, 0.717) is 0 Å². The molecule has 3 aromatic rings. The number of hydrogen-bond donors (Lipinski definition) is 0. The first-order valence-electron chi connectivity index (χ1n) is 9.64. The molecule has 0 atom stereocenters. The molecule has 0 radical (unpaired) electrons. The van der Waals surface area contributed by atoms with E-state index in [1.54, 1.807) is 11.3 Å². The topological polar surface area (TPSA) is 29.8 Å². The summed E-state index contributed by atoms with van der Waals surface area (Å²) in [6.07, 6.45) is 1.03. The first-order chi connectivity index (χ1) is 13.8. The average Bonchev–Trinajstić information content (AvgIpc) is 3.12. The first-order valence-corrected chi connectivity index (χ1v) is 10.5. The highest BCUT2D eigenvalue weighted by Crippen LogP contribution is 2.21. The van der Waals surface area contributed by atoms with Gasteiger partial charge in [-0.05, 0) is 48.4 Å². The fourth-order valence-corrected chi connectivity index (χ4v) is 4.33. The summed E-state index contributed by atoms with van der Waals surface area (Å²) in [5.41, 5.74) is 3.04. The number of halogens is 1. The highest BCUT2D eigenvalue weighted by molar-refractivity contribution is 7.07. The molecule has 1 aliphatic rings. The van der Waals surface area contributed by atoms with Crippen molar-refractivity contribution < 1.29 is 9.13 Å². The third-order valence-corrected chi connectivity index (χ3v) is 5.74. The molecule has 1 fully saturated rings. The van der Waals surface area contributed by atoms with E-state index in [2.05, 4.69) is 14.8 Å². The summed E-state index contributed by atoms with van der Waals surface area (Å²) in [5, 5.41) is 2.11. The zero-order valence-electron chi connectivity index (χ0n) is 15.8. The van der Waals surface area contributed by atoms with Gasteiger partial charge >= 0.3 is 0 Å². The Balaban J connectivity index is 1.61. The van der Waals surface area contributed by atoms with E-state index in [4.69, 9.17) is 9.73 Å². The van der Waals surface area contributed by atoms with Gasteiger partial charge in [0.2, 0.25) is 0 Å². The van der Waals surface area contributed by atoms with Crippen molar-refractivity contribution in [2.24, 2.45) is 4.99 Å². The van der Waals surface area contributed by atoms with Gasteiger partial charge in [0, 0.05) is 31.6 Å². The van der Waals surface area contributed by atoms with Crippen LogP contribution in [0.1, 0.15) is 6.42 Å². The minimum atomic E-state index is -0.216. The number of hydrogen-bond acceptors (Lipinski definition) is 4. The van der Waals surface area contributed by atoms with Gasteiger partial charge in [-0.3, -0.25) is 4.90 Å². The Bertz CT molecular complexity index is 944. The van der Waals surface area contributed by atoms with Crippen molar-refractivity contribution in [3.8, 4) is 11.3 Å². The molecule has 2 aromatic carbocycles. The highest BCUT2D eigenvalue weighted by Gasteiger charge is 2.12. The molecule has 0 spiro atoms. The number of morpholine rings is 1. The molecule has 1 aliphatic heterocycles. The van der Waals surface area contributed by atoms with Gasteiger partial charge in [0.25, 0.3) is 0 Å². The van der Waals surface area contributed by atoms with Crippen LogP contribution in [-0.2, 0) is 11.3 Å². The summed E-state index contributed by atoms with van der Waals surface area (Å²) >= 11 is 1.63. The van der Waals surface area contributed by atoms with Crippen molar-refractivity contribution >= 4 is 17.0 Å². The maximum absolute atomic E-state index is 13.4. The minimum absolute atomic E-state index is 0.216. The van der Waals surface area contributed by atoms with Crippen LogP contribution < -0.4 is 4.80 Å². The van der Waals surface area contributed by atoms with Gasteiger partial charge < -0.3 is 9.30 Å². The number of thiazole rings is 1. The van der Waals surface area contributed by atoms with E-state index in [1.165, 1.54) is 12.1 Å². The van der Waals surface area contributed by atoms with Crippen molar-refractivity contribution in [1.82, 2.24) is 9.47 Å². The monoisotopic (exact) mass is 397 g/mol. The average molecular weight is 398 g/mol. The van der Waals surface area contributed by atoms with E-state index < -0.39 is 0 Å². The minimum Gasteiger partial charge on any atom is -0.379 e. The molecule has 4 nitrogen and oxygen atoms in total. The van der Waals surface area contributed by atoms with Crippen LogP contribution in [0.4, 0.5) is 10.1 Å². The zero-order valence-corrected chi connectivity index (χ0v) is 16.6. The van der Waals surface area contributed by atoms with Crippen LogP contribution in [0.5, 0.6) is 0 Å². The maximum Gasteiger partial charge on any atom is 0.190 e. The Morgan fingerprint density at radius 1 is 0.964 bits per heavy atom. The van der Waals surface area contributed by atoms with Crippen LogP contribution in [0.3, 0.4) is 0 Å². The van der Waals surface area contributed by atoms with Gasteiger partial charge in [0.1, 0.15) is 5.82 Å².